The lowest BCUT2D eigenvalue weighted by Crippen LogP contribution is -2.35. The van der Waals surface area contributed by atoms with Crippen molar-refractivity contribution < 1.29 is 14.3 Å². The monoisotopic (exact) mass is 334 g/mol. The molecule has 0 bridgehead atoms. The Labute approximate surface area is 140 Å². The molecule has 0 aliphatic heterocycles. The van der Waals surface area contributed by atoms with Crippen molar-refractivity contribution in [1.29, 1.82) is 0 Å². The Morgan fingerprint density at radius 2 is 2.17 bits per heavy atom. The second kappa shape index (κ2) is 9.02. The molecule has 2 aromatic rings. The fourth-order valence-electron chi connectivity index (χ4n) is 2.35. The van der Waals surface area contributed by atoms with Crippen LogP contribution in [0.3, 0.4) is 0 Å². The largest absolute Gasteiger partial charge is 0.392 e. The number of aromatic nitrogens is 2. The number of unbranched alkanes of at least 4 members (excludes halogenated alkanes) is 1. The molecular formula is C17H23FN4O2. The molecule has 6 nitrogen and oxygen atoms in total. The first-order chi connectivity index (χ1) is 11.6. The highest BCUT2D eigenvalue weighted by atomic mass is 19.1. The van der Waals surface area contributed by atoms with Gasteiger partial charge in [0, 0.05) is 37.6 Å². The number of halogens is 1. The normalized spacial score (nSPS) is 10.6. The molecule has 2 rings (SSSR count). The summed E-state index contributed by atoms with van der Waals surface area (Å²) in [6, 6.07) is 4.16. The molecule has 1 aromatic heterocycles. The Hall–Kier alpha value is -2.41. The third-order valence-corrected chi connectivity index (χ3v) is 3.77. The van der Waals surface area contributed by atoms with E-state index >= 15 is 0 Å². The predicted octanol–water partition coefficient (Wildman–Crippen LogP) is 2.10. The summed E-state index contributed by atoms with van der Waals surface area (Å²) in [4.78, 5) is 15.9. The molecule has 1 aromatic carbocycles. The summed E-state index contributed by atoms with van der Waals surface area (Å²) < 4.78 is 15.3. The number of amides is 2. The van der Waals surface area contributed by atoms with E-state index in [1.807, 2.05) is 13.1 Å². The Morgan fingerprint density at radius 1 is 1.33 bits per heavy atom. The Kier molecular flexibility index (Phi) is 6.74. The van der Waals surface area contributed by atoms with E-state index in [2.05, 4.69) is 20.2 Å². The number of aliphatic hydroxyl groups is 1. The number of benzene rings is 1. The zero-order chi connectivity index (χ0) is 17.4. The molecule has 3 N–H and O–H groups in total. The van der Waals surface area contributed by atoms with Crippen LogP contribution in [0, 0.1) is 12.7 Å². The van der Waals surface area contributed by atoms with Crippen LogP contribution >= 0.6 is 0 Å². The first-order valence-electron chi connectivity index (χ1n) is 7.97. The highest BCUT2D eigenvalue weighted by Crippen LogP contribution is 2.10. The van der Waals surface area contributed by atoms with E-state index in [-0.39, 0.29) is 24.7 Å². The van der Waals surface area contributed by atoms with Gasteiger partial charge in [0.05, 0.1) is 6.61 Å². The quantitative estimate of drug-likeness (QED) is 0.647. The van der Waals surface area contributed by atoms with Crippen molar-refractivity contribution in [3.05, 3.63) is 53.4 Å². The molecule has 0 aliphatic rings. The van der Waals surface area contributed by atoms with Crippen molar-refractivity contribution in [2.75, 3.05) is 6.54 Å². The number of carbonyl (C=O) groups is 1. The Balaban J connectivity index is 1.62. The molecule has 0 atom stereocenters. The molecule has 130 valence electrons. The highest BCUT2D eigenvalue weighted by Gasteiger charge is 2.04. The number of rotatable bonds is 8. The van der Waals surface area contributed by atoms with Gasteiger partial charge in [-0.25, -0.2) is 14.2 Å². The topological polar surface area (TPSA) is 79.2 Å². The molecule has 0 aliphatic carbocycles. The van der Waals surface area contributed by atoms with Crippen molar-refractivity contribution in [2.24, 2.45) is 0 Å². The van der Waals surface area contributed by atoms with Gasteiger partial charge in [-0.15, -0.1) is 0 Å². The summed E-state index contributed by atoms with van der Waals surface area (Å²) in [7, 11) is 0. The summed E-state index contributed by atoms with van der Waals surface area (Å²) in [5.74, 6) is 0.543. The zero-order valence-electron chi connectivity index (χ0n) is 13.8. The molecule has 0 unspecified atom stereocenters. The minimum atomic E-state index is -0.446. The van der Waals surface area contributed by atoms with Crippen LogP contribution in [-0.2, 0) is 19.7 Å². The second-order valence-corrected chi connectivity index (χ2v) is 5.57. The van der Waals surface area contributed by atoms with Crippen molar-refractivity contribution in [1.82, 2.24) is 20.2 Å². The number of urea groups is 1. The van der Waals surface area contributed by atoms with Crippen LogP contribution < -0.4 is 10.6 Å². The smallest absolute Gasteiger partial charge is 0.315 e. The average molecular weight is 334 g/mol. The number of carbonyl (C=O) groups excluding carboxylic acids is 1. The number of aliphatic hydroxyl groups excluding tert-OH is 1. The molecule has 1 heterocycles. The van der Waals surface area contributed by atoms with E-state index in [1.165, 1.54) is 6.07 Å². The average Bonchev–Trinajstić information content (AvgIpc) is 2.99. The summed E-state index contributed by atoms with van der Waals surface area (Å²) in [6.07, 6.45) is 5.54. The lowest BCUT2D eigenvalue weighted by atomic mass is 10.1. The third kappa shape index (κ3) is 5.34. The van der Waals surface area contributed by atoms with Gasteiger partial charge in [-0.3, -0.25) is 0 Å². The standard InChI is InChI=1S/C17H23FN4O2/c1-13-19-7-9-22(13)8-3-2-6-20-17(24)21-11-14-4-5-16(18)15(10-14)12-23/h4-5,7,9-10,23H,2-3,6,8,11-12H2,1H3,(H2,20,21,24). The van der Waals surface area contributed by atoms with Gasteiger partial charge < -0.3 is 20.3 Å². The molecule has 0 saturated heterocycles. The third-order valence-electron chi connectivity index (χ3n) is 3.77. The molecule has 7 heteroatoms. The van der Waals surface area contributed by atoms with Crippen molar-refractivity contribution >= 4 is 6.03 Å². The van der Waals surface area contributed by atoms with Gasteiger partial charge in [0.2, 0.25) is 0 Å². The molecule has 0 fully saturated rings. The number of imidazole rings is 1. The first-order valence-corrected chi connectivity index (χ1v) is 7.97. The van der Waals surface area contributed by atoms with E-state index in [0.717, 1.165) is 30.8 Å². The van der Waals surface area contributed by atoms with Crippen LogP contribution in [0.1, 0.15) is 29.8 Å². The van der Waals surface area contributed by atoms with Crippen molar-refractivity contribution in [3.63, 3.8) is 0 Å². The summed E-state index contributed by atoms with van der Waals surface area (Å²) in [5.41, 5.74) is 0.968. The lowest BCUT2D eigenvalue weighted by Gasteiger charge is -2.09. The number of hydrogen-bond acceptors (Lipinski definition) is 3. The predicted molar refractivity (Wildman–Crippen MR) is 88.8 cm³/mol. The van der Waals surface area contributed by atoms with Gasteiger partial charge >= 0.3 is 6.03 Å². The van der Waals surface area contributed by atoms with E-state index in [1.54, 1.807) is 18.3 Å². The molecule has 0 saturated carbocycles. The molecule has 24 heavy (non-hydrogen) atoms. The molecule has 0 radical (unpaired) electrons. The van der Waals surface area contributed by atoms with Crippen LogP contribution in [0.15, 0.2) is 30.6 Å². The van der Waals surface area contributed by atoms with Gasteiger partial charge in [0.15, 0.2) is 0 Å². The fourth-order valence-corrected chi connectivity index (χ4v) is 2.35. The maximum absolute atomic E-state index is 13.3. The maximum Gasteiger partial charge on any atom is 0.315 e. The number of aryl methyl sites for hydroxylation is 2. The minimum absolute atomic E-state index is 0.226. The van der Waals surface area contributed by atoms with Crippen molar-refractivity contribution in [3.8, 4) is 0 Å². The van der Waals surface area contributed by atoms with Gasteiger partial charge in [0.25, 0.3) is 0 Å². The van der Waals surface area contributed by atoms with Gasteiger partial charge in [0.1, 0.15) is 11.6 Å². The van der Waals surface area contributed by atoms with Gasteiger partial charge in [-0.2, -0.15) is 0 Å². The minimum Gasteiger partial charge on any atom is -0.392 e. The summed E-state index contributed by atoms with van der Waals surface area (Å²) >= 11 is 0. The van der Waals surface area contributed by atoms with Gasteiger partial charge in [-0.05, 0) is 37.5 Å². The first kappa shape index (κ1) is 17.9. The van der Waals surface area contributed by atoms with Crippen molar-refractivity contribution in [2.45, 2.75) is 39.5 Å². The van der Waals surface area contributed by atoms with Gasteiger partial charge in [-0.1, -0.05) is 6.07 Å². The highest BCUT2D eigenvalue weighted by molar-refractivity contribution is 5.73. The summed E-state index contributed by atoms with van der Waals surface area (Å²) in [5, 5.41) is 14.5. The Morgan fingerprint density at radius 3 is 2.88 bits per heavy atom. The van der Waals surface area contributed by atoms with E-state index in [9.17, 15) is 9.18 Å². The molecular weight excluding hydrogens is 311 g/mol. The van der Waals surface area contributed by atoms with Crippen LogP contribution in [0.25, 0.3) is 0 Å². The Bertz CT molecular complexity index is 672. The van der Waals surface area contributed by atoms with Crippen LogP contribution in [0.5, 0.6) is 0 Å². The number of hydrogen-bond donors (Lipinski definition) is 3. The van der Waals surface area contributed by atoms with Crippen LogP contribution in [0.2, 0.25) is 0 Å². The number of nitrogens with one attached hydrogen (secondary N) is 2. The zero-order valence-corrected chi connectivity index (χ0v) is 13.8. The molecule has 2 amide bonds. The van der Waals surface area contributed by atoms with E-state index in [0.29, 0.717) is 6.54 Å². The fraction of sp³-hybridized carbons (Fsp3) is 0.412. The maximum atomic E-state index is 13.3. The lowest BCUT2D eigenvalue weighted by molar-refractivity contribution is 0.240. The molecule has 0 spiro atoms. The summed E-state index contributed by atoms with van der Waals surface area (Å²) in [6.45, 7) is 3.36. The van der Waals surface area contributed by atoms with Crippen LogP contribution in [0.4, 0.5) is 9.18 Å². The van der Waals surface area contributed by atoms with Crippen LogP contribution in [-0.4, -0.2) is 27.2 Å². The van der Waals surface area contributed by atoms with E-state index < -0.39 is 5.82 Å². The second-order valence-electron chi connectivity index (χ2n) is 5.57. The number of nitrogens with zero attached hydrogens (tertiary/aromatic N) is 2. The SMILES string of the molecule is Cc1nccn1CCCCNC(=O)NCc1ccc(F)c(CO)c1. The van der Waals surface area contributed by atoms with E-state index in [4.69, 9.17) is 5.11 Å².